The van der Waals surface area contributed by atoms with Crippen molar-refractivity contribution in [3.05, 3.63) is 75.2 Å². The predicted molar refractivity (Wildman–Crippen MR) is 130 cm³/mol. The van der Waals surface area contributed by atoms with Crippen LogP contribution in [-0.4, -0.2) is 40.7 Å². The standard InChI is InChI=1S/C26H25N3O5S/c1-14-23(25(31)32)35-21(28-14)12-27-24(30)22(15-10-11-15)29-26(33)34-13-20-18-8-4-2-6-16(18)17-7-3-5-9-19(17)20/h2-9,15,20,22H,10-13H2,1H3,(H,27,30)(H,29,33)(H,31,32). The van der Waals surface area contributed by atoms with Crippen LogP contribution in [0.15, 0.2) is 48.5 Å². The van der Waals surface area contributed by atoms with Crippen LogP contribution in [0, 0.1) is 12.8 Å². The molecule has 8 nitrogen and oxygen atoms in total. The number of hydrogen-bond acceptors (Lipinski definition) is 6. The molecule has 2 amide bonds. The topological polar surface area (TPSA) is 118 Å². The quantitative estimate of drug-likeness (QED) is 0.437. The van der Waals surface area contributed by atoms with Crippen LogP contribution < -0.4 is 10.6 Å². The molecule has 1 fully saturated rings. The van der Waals surface area contributed by atoms with Crippen LogP contribution in [0.25, 0.3) is 11.1 Å². The third-order valence-electron chi connectivity index (χ3n) is 6.44. The van der Waals surface area contributed by atoms with Crippen molar-refractivity contribution in [2.24, 2.45) is 5.92 Å². The molecule has 3 N–H and O–H groups in total. The number of alkyl carbamates (subject to hydrolysis) is 1. The lowest BCUT2D eigenvalue weighted by molar-refractivity contribution is -0.123. The van der Waals surface area contributed by atoms with Crippen molar-refractivity contribution in [2.45, 2.75) is 38.3 Å². The molecule has 2 aliphatic rings. The number of carbonyl (C=O) groups excluding carboxylic acids is 2. The van der Waals surface area contributed by atoms with E-state index in [4.69, 9.17) is 4.74 Å². The Morgan fingerprint density at radius 2 is 1.71 bits per heavy atom. The number of nitrogens with one attached hydrogen (secondary N) is 2. The van der Waals surface area contributed by atoms with E-state index < -0.39 is 18.1 Å². The minimum Gasteiger partial charge on any atom is -0.477 e. The fourth-order valence-corrected chi connectivity index (χ4v) is 5.44. The highest BCUT2D eigenvalue weighted by Crippen LogP contribution is 2.44. The molecule has 180 valence electrons. The highest BCUT2D eigenvalue weighted by Gasteiger charge is 2.38. The molecule has 35 heavy (non-hydrogen) atoms. The largest absolute Gasteiger partial charge is 0.477 e. The first-order chi connectivity index (χ1) is 16.9. The van der Waals surface area contributed by atoms with Gasteiger partial charge < -0.3 is 20.5 Å². The van der Waals surface area contributed by atoms with E-state index in [9.17, 15) is 19.5 Å². The number of aryl methyl sites for hydroxylation is 1. The number of aromatic nitrogens is 1. The van der Waals surface area contributed by atoms with Crippen molar-refractivity contribution in [3.8, 4) is 11.1 Å². The van der Waals surface area contributed by atoms with Crippen molar-refractivity contribution in [1.29, 1.82) is 0 Å². The first-order valence-electron chi connectivity index (χ1n) is 11.5. The van der Waals surface area contributed by atoms with Crippen molar-refractivity contribution < 1.29 is 24.2 Å². The molecule has 1 unspecified atom stereocenters. The zero-order valence-electron chi connectivity index (χ0n) is 19.1. The Hall–Kier alpha value is -3.72. The molecule has 5 rings (SSSR count). The number of carbonyl (C=O) groups is 3. The maximum atomic E-state index is 12.8. The van der Waals surface area contributed by atoms with E-state index in [1.165, 1.54) is 0 Å². The van der Waals surface area contributed by atoms with Gasteiger partial charge in [-0.3, -0.25) is 4.79 Å². The molecule has 9 heteroatoms. The number of carboxylic acid groups (broad SMARTS) is 1. The number of benzene rings is 2. The summed E-state index contributed by atoms with van der Waals surface area (Å²) in [5, 5.41) is 15.2. The highest BCUT2D eigenvalue weighted by molar-refractivity contribution is 7.13. The second kappa shape index (κ2) is 9.50. The number of carboxylic acids is 1. The molecule has 0 saturated heterocycles. The van der Waals surface area contributed by atoms with E-state index in [-0.39, 0.29) is 35.8 Å². The third-order valence-corrected chi connectivity index (χ3v) is 7.59. The average molecular weight is 492 g/mol. The fraction of sp³-hybridized carbons (Fsp3) is 0.308. The second-order valence-corrected chi connectivity index (χ2v) is 9.91. The lowest BCUT2D eigenvalue weighted by atomic mass is 9.98. The summed E-state index contributed by atoms with van der Waals surface area (Å²) in [4.78, 5) is 41.1. The van der Waals surface area contributed by atoms with E-state index in [1.807, 2.05) is 24.3 Å². The minimum absolute atomic E-state index is 0.0575. The van der Waals surface area contributed by atoms with Gasteiger partial charge in [0.25, 0.3) is 0 Å². The SMILES string of the molecule is Cc1nc(CNC(=O)C(NC(=O)OCC2c3ccccc3-c3ccccc32)C2CC2)sc1C(=O)O. The van der Waals surface area contributed by atoms with Gasteiger partial charge in [-0.15, -0.1) is 11.3 Å². The minimum atomic E-state index is -1.04. The molecule has 1 aromatic heterocycles. The Labute approximate surface area is 206 Å². The van der Waals surface area contributed by atoms with Gasteiger partial charge in [-0.05, 0) is 47.9 Å². The summed E-state index contributed by atoms with van der Waals surface area (Å²) >= 11 is 1.03. The van der Waals surface area contributed by atoms with Gasteiger partial charge in [0, 0.05) is 5.92 Å². The molecule has 2 aromatic carbocycles. The van der Waals surface area contributed by atoms with Gasteiger partial charge in [0.2, 0.25) is 5.91 Å². The first kappa shape index (κ1) is 23.0. The van der Waals surface area contributed by atoms with Gasteiger partial charge in [-0.1, -0.05) is 48.5 Å². The fourth-order valence-electron chi connectivity index (χ4n) is 4.59. The average Bonchev–Trinajstić information content (AvgIpc) is 3.55. The molecule has 1 heterocycles. The molecule has 1 atom stereocenters. The number of aromatic carboxylic acids is 1. The summed E-state index contributed by atoms with van der Waals surface area (Å²) in [6.45, 7) is 1.90. The monoisotopic (exact) mass is 491 g/mol. The van der Waals surface area contributed by atoms with Crippen molar-refractivity contribution in [3.63, 3.8) is 0 Å². The Morgan fingerprint density at radius 1 is 1.09 bits per heavy atom. The number of nitrogens with zero attached hydrogens (tertiary/aromatic N) is 1. The van der Waals surface area contributed by atoms with E-state index in [2.05, 4.69) is 39.9 Å². The summed E-state index contributed by atoms with van der Waals surface area (Å²) in [5.41, 5.74) is 4.96. The molecule has 3 aromatic rings. The Morgan fingerprint density at radius 3 is 2.29 bits per heavy atom. The number of ether oxygens (including phenoxy) is 1. The number of hydrogen-bond donors (Lipinski definition) is 3. The zero-order valence-corrected chi connectivity index (χ0v) is 19.9. The molecular weight excluding hydrogens is 466 g/mol. The first-order valence-corrected chi connectivity index (χ1v) is 12.3. The smallest absolute Gasteiger partial charge is 0.407 e. The number of fused-ring (bicyclic) bond motifs is 3. The zero-order chi connectivity index (χ0) is 24.5. The Balaban J connectivity index is 1.20. The van der Waals surface area contributed by atoms with Gasteiger partial charge in [0.15, 0.2) is 0 Å². The summed E-state index contributed by atoms with van der Waals surface area (Å²) in [7, 11) is 0. The van der Waals surface area contributed by atoms with Crippen LogP contribution in [0.2, 0.25) is 0 Å². The van der Waals surface area contributed by atoms with Crippen molar-refractivity contribution in [2.75, 3.05) is 6.61 Å². The second-order valence-electron chi connectivity index (χ2n) is 8.83. The summed E-state index contributed by atoms with van der Waals surface area (Å²) < 4.78 is 5.60. The van der Waals surface area contributed by atoms with Crippen molar-refractivity contribution in [1.82, 2.24) is 15.6 Å². The van der Waals surface area contributed by atoms with E-state index in [1.54, 1.807) is 6.92 Å². The maximum absolute atomic E-state index is 12.8. The highest BCUT2D eigenvalue weighted by atomic mass is 32.1. The summed E-state index contributed by atoms with van der Waals surface area (Å²) in [6.07, 6.45) is 1.07. The van der Waals surface area contributed by atoms with Crippen LogP contribution in [0.4, 0.5) is 4.79 Å². The normalized spacial score (nSPS) is 15.1. The van der Waals surface area contributed by atoms with Crippen molar-refractivity contribution >= 4 is 29.3 Å². The number of thiazole rings is 1. The van der Waals surface area contributed by atoms with Gasteiger partial charge in [-0.25, -0.2) is 14.6 Å². The molecule has 0 aliphatic heterocycles. The van der Waals surface area contributed by atoms with Gasteiger partial charge in [-0.2, -0.15) is 0 Å². The lowest BCUT2D eigenvalue weighted by Gasteiger charge is -2.19. The van der Waals surface area contributed by atoms with Crippen LogP contribution in [-0.2, 0) is 16.1 Å². The Bertz CT molecular complexity index is 1250. The van der Waals surface area contributed by atoms with E-state index in [0.29, 0.717) is 10.7 Å². The number of rotatable bonds is 8. The molecule has 1 saturated carbocycles. The molecule has 0 bridgehead atoms. The van der Waals surface area contributed by atoms with Crippen LogP contribution in [0.3, 0.4) is 0 Å². The molecule has 0 radical (unpaired) electrons. The number of amides is 2. The molecular formula is C26H25N3O5S. The summed E-state index contributed by atoms with van der Waals surface area (Å²) in [6, 6.07) is 15.5. The maximum Gasteiger partial charge on any atom is 0.407 e. The Kier molecular flexibility index (Phi) is 6.25. The lowest BCUT2D eigenvalue weighted by Crippen LogP contribution is -2.48. The van der Waals surface area contributed by atoms with Gasteiger partial charge in [0.1, 0.15) is 22.5 Å². The molecule has 0 spiro atoms. The van der Waals surface area contributed by atoms with Crippen LogP contribution in [0.5, 0.6) is 0 Å². The molecule has 2 aliphatic carbocycles. The van der Waals surface area contributed by atoms with Gasteiger partial charge >= 0.3 is 12.1 Å². The van der Waals surface area contributed by atoms with Crippen LogP contribution in [0.1, 0.15) is 50.3 Å². The summed E-state index contributed by atoms with van der Waals surface area (Å²) in [5.74, 6) is -1.36. The van der Waals surface area contributed by atoms with E-state index >= 15 is 0 Å². The third kappa shape index (κ3) is 4.77. The van der Waals surface area contributed by atoms with Gasteiger partial charge in [0.05, 0.1) is 12.2 Å². The predicted octanol–water partition coefficient (Wildman–Crippen LogP) is 4.08. The van der Waals surface area contributed by atoms with E-state index in [0.717, 1.165) is 46.4 Å². The van der Waals surface area contributed by atoms with Crippen LogP contribution >= 0.6 is 11.3 Å².